The Bertz CT molecular complexity index is 511. The first-order chi connectivity index (χ1) is 9.93. The lowest BCUT2D eigenvalue weighted by Crippen LogP contribution is -2.46. The Morgan fingerprint density at radius 2 is 2.14 bits per heavy atom. The van der Waals surface area contributed by atoms with Crippen molar-refractivity contribution in [2.45, 2.75) is 26.3 Å². The van der Waals surface area contributed by atoms with Crippen LogP contribution in [0.4, 0.5) is 0 Å². The minimum Gasteiger partial charge on any atom is -0.483 e. The number of amides is 2. The average Bonchev–Trinajstić information content (AvgIpc) is 2.43. The van der Waals surface area contributed by atoms with Gasteiger partial charge in [-0.15, -0.1) is 0 Å². The van der Waals surface area contributed by atoms with Crippen molar-refractivity contribution in [1.82, 2.24) is 10.6 Å². The summed E-state index contributed by atoms with van der Waals surface area (Å²) in [5.74, 6) is -0.0634. The SMILES string of the molecule is CCCNC(=O)[C@@H](C)NC(=O)COc1ccc(Cl)cc1Br. The van der Waals surface area contributed by atoms with Gasteiger partial charge in [-0.2, -0.15) is 0 Å². The maximum Gasteiger partial charge on any atom is 0.258 e. The van der Waals surface area contributed by atoms with Crippen LogP contribution in [0, 0.1) is 0 Å². The van der Waals surface area contributed by atoms with Crippen LogP contribution >= 0.6 is 27.5 Å². The first-order valence-corrected chi connectivity index (χ1v) is 7.76. The van der Waals surface area contributed by atoms with E-state index < -0.39 is 6.04 Å². The number of nitrogens with one attached hydrogen (secondary N) is 2. The molecule has 0 saturated carbocycles. The van der Waals surface area contributed by atoms with E-state index in [0.29, 0.717) is 21.8 Å². The standard InChI is InChI=1S/C14H18BrClN2O3/c1-3-6-17-14(20)9(2)18-13(19)8-21-12-5-4-10(16)7-11(12)15/h4-5,7,9H,3,6,8H2,1-2H3,(H,17,20)(H,18,19)/t9-/m1/s1. The monoisotopic (exact) mass is 376 g/mol. The lowest BCUT2D eigenvalue weighted by Gasteiger charge is -2.14. The highest BCUT2D eigenvalue weighted by Crippen LogP contribution is 2.27. The molecule has 0 aromatic heterocycles. The van der Waals surface area contributed by atoms with Crippen LogP contribution in [0.1, 0.15) is 20.3 Å². The number of carbonyl (C=O) groups excluding carboxylic acids is 2. The Morgan fingerprint density at radius 3 is 2.76 bits per heavy atom. The first kappa shape index (κ1) is 17.8. The van der Waals surface area contributed by atoms with E-state index in [4.69, 9.17) is 16.3 Å². The van der Waals surface area contributed by atoms with Gasteiger partial charge in [-0.3, -0.25) is 9.59 Å². The van der Waals surface area contributed by atoms with Crippen LogP contribution in [-0.4, -0.2) is 31.0 Å². The predicted octanol–water partition coefficient (Wildman–Crippen LogP) is 2.51. The maximum atomic E-state index is 11.7. The summed E-state index contributed by atoms with van der Waals surface area (Å²) in [5, 5.41) is 5.85. The molecule has 0 radical (unpaired) electrons. The third-order valence-corrected chi connectivity index (χ3v) is 3.43. The van der Waals surface area contributed by atoms with Crippen molar-refractivity contribution >= 4 is 39.3 Å². The lowest BCUT2D eigenvalue weighted by atomic mass is 10.3. The molecule has 116 valence electrons. The van der Waals surface area contributed by atoms with E-state index in [1.54, 1.807) is 25.1 Å². The first-order valence-electron chi connectivity index (χ1n) is 6.59. The van der Waals surface area contributed by atoms with Crippen molar-refractivity contribution in [3.05, 3.63) is 27.7 Å². The fourth-order valence-electron chi connectivity index (χ4n) is 1.49. The maximum absolute atomic E-state index is 11.7. The largest absolute Gasteiger partial charge is 0.483 e. The van der Waals surface area contributed by atoms with Crippen LogP contribution in [-0.2, 0) is 9.59 Å². The lowest BCUT2D eigenvalue weighted by molar-refractivity contribution is -0.129. The third kappa shape index (κ3) is 6.35. The molecular weight excluding hydrogens is 360 g/mol. The number of carbonyl (C=O) groups is 2. The summed E-state index contributed by atoms with van der Waals surface area (Å²) in [7, 11) is 0. The minimum absolute atomic E-state index is 0.175. The van der Waals surface area contributed by atoms with Crippen molar-refractivity contribution in [3.63, 3.8) is 0 Å². The van der Waals surface area contributed by atoms with Crippen LogP contribution < -0.4 is 15.4 Å². The average molecular weight is 378 g/mol. The fraction of sp³-hybridized carbons (Fsp3) is 0.429. The molecule has 0 aliphatic carbocycles. The number of benzene rings is 1. The van der Waals surface area contributed by atoms with Crippen LogP contribution in [0.15, 0.2) is 22.7 Å². The summed E-state index contributed by atoms with van der Waals surface area (Å²) in [6.45, 7) is 4.00. The Morgan fingerprint density at radius 1 is 1.43 bits per heavy atom. The smallest absolute Gasteiger partial charge is 0.258 e. The van der Waals surface area contributed by atoms with Gasteiger partial charge in [-0.05, 0) is 47.5 Å². The zero-order valence-corrected chi connectivity index (χ0v) is 14.3. The number of halogens is 2. The summed E-state index contributed by atoms with van der Waals surface area (Å²) in [6, 6.07) is 4.41. The molecule has 21 heavy (non-hydrogen) atoms. The highest BCUT2D eigenvalue weighted by molar-refractivity contribution is 9.10. The zero-order valence-electron chi connectivity index (χ0n) is 11.9. The van der Waals surface area contributed by atoms with Crippen LogP contribution in [0.3, 0.4) is 0 Å². The summed E-state index contributed by atoms with van der Waals surface area (Å²) in [6.07, 6.45) is 0.847. The van der Waals surface area contributed by atoms with Crippen molar-refractivity contribution in [2.75, 3.05) is 13.2 Å². The third-order valence-electron chi connectivity index (χ3n) is 2.57. The highest BCUT2D eigenvalue weighted by atomic mass is 79.9. The van der Waals surface area contributed by atoms with Crippen molar-refractivity contribution in [1.29, 1.82) is 0 Å². The zero-order chi connectivity index (χ0) is 15.8. The number of hydrogen-bond donors (Lipinski definition) is 2. The molecule has 0 spiro atoms. The van der Waals surface area contributed by atoms with E-state index in [-0.39, 0.29) is 18.4 Å². The summed E-state index contributed by atoms with van der Waals surface area (Å²) in [5.41, 5.74) is 0. The second-order valence-corrected chi connectivity index (χ2v) is 5.73. The van der Waals surface area contributed by atoms with E-state index >= 15 is 0 Å². The Balaban J connectivity index is 2.41. The van der Waals surface area contributed by atoms with Crippen molar-refractivity contribution in [2.24, 2.45) is 0 Å². The number of hydrogen-bond acceptors (Lipinski definition) is 3. The van der Waals surface area contributed by atoms with Gasteiger partial charge in [0.15, 0.2) is 6.61 Å². The molecule has 2 N–H and O–H groups in total. The van der Waals surface area contributed by atoms with E-state index in [1.807, 2.05) is 6.92 Å². The molecule has 0 bridgehead atoms. The molecule has 0 fully saturated rings. The van der Waals surface area contributed by atoms with Gasteiger partial charge in [0, 0.05) is 11.6 Å². The number of rotatable bonds is 7. The molecule has 1 aromatic rings. The summed E-state index contributed by atoms with van der Waals surface area (Å²) in [4.78, 5) is 23.3. The fourth-order valence-corrected chi connectivity index (χ4v) is 2.28. The van der Waals surface area contributed by atoms with E-state index in [2.05, 4.69) is 26.6 Å². The highest BCUT2D eigenvalue weighted by Gasteiger charge is 2.15. The van der Waals surface area contributed by atoms with Gasteiger partial charge in [0.05, 0.1) is 4.47 Å². The summed E-state index contributed by atoms with van der Waals surface area (Å²) < 4.78 is 6.03. The van der Waals surface area contributed by atoms with Gasteiger partial charge in [0.25, 0.3) is 5.91 Å². The Labute approximate surface area is 137 Å². The summed E-state index contributed by atoms with van der Waals surface area (Å²) >= 11 is 9.11. The van der Waals surface area contributed by atoms with E-state index in [9.17, 15) is 9.59 Å². The van der Waals surface area contributed by atoms with Crippen molar-refractivity contribution < 1.29 is 14.3 Å². The predicted molar refractivity (Wildman–Crippen MR) is 85.6 cm³/mol. The Kier molecular flexibility index (Phi) is 7.53. The molecule has 5 nitrogen and oxygen atoms in total. The second-order valence-electron chi connectivity index (χ2n) is 4.44. The molecule has 0 heterocycles. The molecule has 0 saturated heterocycles. The minimum atomic E-state index is -0.596. The molecule has 2 amide bonds. The van der Waals surface area contributed by atoms with E-state index in [0.717, 1.165) is 6.42 Å². The molecule has 0 unspecified atom stereocenters. The van der Waals surface area contributed by atoms with Gasteiger partial charge in [0.2, 0.25) is 5.91 Å². The van der Waals surface area contributed by atoms with Gasteiger partial charge < -0.3 is 15.4 Å². The molecule has 7 heteroatoms. The van der Waals surface area contributed by atoms with Gasteiger partial charge in [-0.25, -0.2) is 0 Å². The van der Waals surface area contributed by atoms with E-state index in [1.165, 1.54) is 0 Å². The molecule has 1 aromatic carbocycles. The molecule has 1 atom stereocenters. The van der Waals surface area contributed by atoms with Crippen LogP contribution in [0.2, 0.25) is 5.02 Å². The second kappa shape index (κ2) is 8.89. The Hall–Kier alpha value is -1.27. The van der Waals surface area contributed by atoms with Crippen LogP contribution in [0.25, 0.3) is 0 Å². The molecule has 1 rings (SSSR count). The quantitative estimate of drug-likeness (QED) is 0.767. The molecule has 0 aliphatic rings. The van der Waals surface area contributed by atoms with Gasteiger partial charge >= 0.3 is 0 Å². The normalized spacial score (nSPS) is 11.6. The van der Waals surface area contributed by atoms with Gasteiger partial charge in [0.1, 0.15) is 11.8 Å². The topological polar surface area (TPSA) is 67.4 Å². The van der Waals surface area contributed by atoms with Crippen molar-refractivity contribution in [3.8, 4) is 5.75 Å². The van der Waals surface area contributed by atoms with Gasteiger partial charge in [-0.1, -0.05) is 18.5 Å². The molecular formula is C14H18BrClN2O3. The number of ether oxygens (including phenoxy) is 1. The molecule has 0 aliphatic heterocycles. The van der Waals surface area contributed by atoms with Crippen LogP contribution in [0.5, 0.6) is 5.75 Å².